The molecule has 1 aromatic rings. The summed E-state index contributed by atoms with van der Waals surface area (Å²) in [5, 5.41) is 0.585. The number of piperidine rings is 1. The molecule has 0 radical (unpaired) electrons. The van der Waals surface area contributed by atoms with Crippen LogP contribution in [0.1, 0.15) is 44.2 Å². The van der Waals surface area contributed by atoms with E-state index in [0.717, 1.165) is 0 Å². The molecule has 16 heavy (non-hydrogen) atoms. The molecule has 0 bridgehead atoms. The molecule has 1 atom stereocenters. The summed E-state index contributed by atoms with van der Waals surface area (Å²) in [5.74, 6) is 0. The first-order valence-electron chi connectivity index (χ1n) is 6.16. The van der Waals surface area contributed by atoms with Crippen LogP contribution in [0.3, 0.4) is 0 Å². The van der Waals surface area contributed by atoms with E-state index >= 15 is 0 Å². The van der Waals surface area contributed by atoms with Gasteiger partial charge in [0.2, 0.25) is 0 Å². The van der Waals surface area contributed by atoms with Gasteiger partial charge < -0.3 is 0 Å². The minimum absolute atomic E-state index is 0.554. The van der Waals surface area contributed by atoms with Gasteiger partial charge in [-0.3, -0.25) is 4.90 Å². The highest BCUT2D eigenvalue weighted by atomic mass is 35.5. The highest BCUT2D eigenvalue weighted by Crippen LogP contribution is 2.30. The average Bonchev–Trinajstić information content (AvgIpc) is 2.32. The average molecular weight is 239 g/mol. The number of pyridine rings is 1. The highest BCUT2D eigenvalue weighted by molar-refractivity contribution is 6.29. The van der Waals surface area contributed by atoms with E-state index < -0.39 is 0 Å². The van der Waals surface area contributed by atoms with Crippen LogP contribution in [-0.4, -0.2) is 23.0 Å². The van der Waals surface area contributed by atoms with Crippen LogP contribution in [0.5, 0.6) is 0 Å². The Labute approximate surface area is 103 Å². The predicted molar refractivity (Wildman–Crippen MR) is 67.7 cm³/mol. The highest BCUT2D eigenvalue weighted by Gasteiger charge is 2.23. The van der Waals surface area contributed by atoms with Crippen LogP contribution in [0.25, 0.3) is 0 Å². The van der Waals surface area contributed by atoms with Crippen molar-refractivity contribution in [2.45, 2.75) is 38.6 Å². The van der Waals surface area contributed by atoms with E-state index in [9.17, 15) is 0 Å². The van der Waals surface area contributed by atoms with Gasteiger partial charge in [-0.05, 0) is 44.0 Å². The zero-order valence-electron chi connectivity index (χ0n) is 9.82. The molecule has 0 aromatic carbocycles. The van der Waals surface area contributed by atoms with Crippen molar-refractivity contribution < 1.29 is 0 Å². The van der Waals surface area contributed by atoms with Gasteiger partial charge in [-0.15, -0.1) is 0 Å². The quantitative estimate of drug-likeness (QED) is 0.747. The van der Waals surface area contributed by atoms with E-state index in [2.05, 4.69) is 22.9 Å². The molecule has 1 aliphatic rings. The van der Waals surface area contributed by atoms with Gasteiger partial charge in [-0.1, -0.05) is 31.0 Å². The molecule has 2 heterocycles. The van der Waals surface area contributed by atoms with Crippen molar-refractivity contribution in [3.63, 3.8) is 0 Å². The van der Waals surface area contributed by atoms with Crippen LogP contribution in [0.2, 0.25) is 5.15 Å². The fourth-order valence-electron chi connectivity index (χ4n) is 2.51. The van der Waals surface area contributed by atoms with E-state index in [4.69, 9.17) is 11.6 Å². The number of nitrogens with zero attached hydrogens (tertiary/aromatic N) is 2. The minimum Gasteiger partial charge on any atom is -0.296 e. The first kappa shape index (κ1) is 11.9. The lowest BCUT2D eigenvalue weighted by molar-refractivity contribution is 0.149. The minimum atomic E-state index is 0.554. The number of likely N-dealkylation sites (tertiary alicyclic amines) is 1. The van der Waals surface area contributed by atoms with Crippen molar-refractivity contribution in [1.82, 2.24) is 9.88 Å². The SMILES string of the molecule is CCCN1CCCCC1c1ccc(Cl)nc1. The summed E-state index contributed by atoms with van der Waals surface area (Å²) in [6, 6.07) is 4.57. The summed E-state index contributed by atoms with van der Waals surface area (Å²) in [6.07, 6.45) is 7.06. The molecule has 0 spiro atoms. The van der Waals surface area contributed by atoms with E-state index in [1.165, 1.54) is 44.3 Å². The summed E-state index contributed by atoms with van der Waals surface area (Å²) in [5.41, 5.74) is 1.32. The summed E-state index contributed by atoms with van der Waals surface area (Å²) in [7, 11) is 0. The standard InChI is InChI=1S/C13H19ClN2/c1-2-8-16-9-4-3-5-12(16)11-6-7-13(14)15-10-11/h6-7,10,12H,2-5,8-9H2,1H3. The van der Waals surface area contributed by atoms with Gasteiger partial charge >= 0.3 is 0 Å². The molecule has 0 saturated carbocycles. The fraction of sp³-hybridized carbons (Fsp3) is 0.615. The van der Waals surface area contributed by atoms with Crippen LogP contribution in [0.4, 0.5) is 0 Å². The predicted octanol–water partition coefficient (Wildman–Crippen LogP) is 3.67. The summed E-state index contributed by atoms with van der Waals surface area (Å²) >= 11 is 5.82. The maximum atomic E-state index is 5.82. The van der Waals surface area contributed by atoms with E-state index in [-0.39, 0.29) is 0 Å². The number of rotatable bonds is 3. The Morgan fingerprint density at radius 2 is 2.31 bits per heavy atom. The zero-order valence-corrected chi connectivity index (χ0v) is 10.6. The molecule has 1 aromatic heterocycles. The van der Waals surface area contributed by atoms with E-state index in [1.807, 2.05) is 12.3 Å². The van der Waals surface area contributed by atoms with E-state index in [0.29, 0.717) is 11.2 Å². The number of hydrogen-bond donors (Lipinski definition) is 0. The summed E-state index contributed by atoms with van der Waals surface area (Å²) in [4.78, 5) is 6.77. The Kier molecular flexibility index (Phi) is 4.19. The fourth-order valence-corrected chi connectivity index (χ4v) is 2.62. The Morgan fingerprint density at radius 1 is 1.44 bits per heavy atom. The van der Waals surface area contributed by atoms with Gasteiger partial charge in [0.1, 0.15) is 5.15 Å². The molecule has 88 valence electrons. The smallest absolute Gasteiger partial charge is 0.129 e. The van der Waals surface area contributed by atoms with Gasteiger partial charge in [-0.2, -0.15) is 0 Å². The first-order chi connectivity index (χ1) is 7.81. The Hall–Kier alpha value is -0.600. The number of hydrogen-bond acceptors (Lipinski definition) is 2. The largest absolute Gasteiger partial charge is 0.296 e. The normalized spacial score (nSPS) is 22.2. The molecule has 0 amide bonds. The Bertz CT molecular complexity index is 321. The van der Waals surface area contributed by atoms with Crippen LogP contribution in [0.15, 0.2) is 18.3 Å². The maximum Gasteiger partial charge on any atom is 0.129 e. The second kappa shape index (κ2) is 5.65. The van der Waals surface area contributed by atoms with Crippen molar-refractivity contribution in [2.24, 2.45) is 0 Å². The molecular formula is C13H19ClN2. The summed E-state index contributed by atoms with van der Waals surface area (Å²) in [6.45, 7) is 4.65. The molecule has 0 aliphatic carbocycles. The van der Waals surface area contributed by atoms with Gasteiger partial charge in [-0.25, -0.2) is 4.98 Å². The molecule has 0 N–H and O–H groups in total. The molecule has 1 fully saturated rings. The first-order valence-corrected chi connectivity index (χ1v) is 6.54. The third-order valence-electron chi connectivity index (χ3n) is 3.26. The molecule has 1 unspecified atom stereocenters. The zero-order chi connectivity index (χ0) is 11.4. The molecule has 1 saturated heterocycles. The van der Waals surface area contributed by atoms with Crippen LogP contribution >= 0.6 is 11.6 Å². The van der Waals surface area contributed by atoms with Gasteiger partial charge in [0.05, 0.1) is 0 Å². The van der Waals surface area contributed by atoms with Crippen LogP contribution in [-0.2, 0) is 0 Å². The van der Waals surface area contributed by atoms with Gasteiger partial charge in [0, 0.05) is 12.2 Å². The second-order valence-electron chi connectivity index (χ2n) is 4.46. The van der Waals surface area contributed by atoms with Crippen LogP contribution < -0.4 is 0 Å². The van der Waals surface area contributed by atoms with Crippen molar-refractivity contribution in [2.75, 3.05) is 13.1 Å². The molecule has 1 aliphatic heterocycles. The molecule has 3 heteroatoms. The lowest BCUT2D eigenvalue weighted by Gasteiger charge is -2.35. The van der Waals surface area contributed by atoms with Crippen molar-refractivity contribution in [1.29, 1.82) is 0 Å². The van der Waals surface area contributed by atoms with E-state index in [1.54, 1.807) is 0 Å². The van der Waals surface area contributed by atoms with Crippen LogP contribution in [0, 0.1) is 0 Å². The molecule has 2 nitrogen and oxygen atoms in total. The third kappa shape index (κ3) is 2.74. The van der Waals surface area contributed by atoms with Crippen molar-refractivity contribution in [3.05, 3.63) is 29.0 Å². The number of aromatic nitrogens is 1. The Balaban J connectivity index is 2.13. The molecule has 2 rings (SSSR count). The second-order valence-corrected chi connectivity index (χ2v) is 4.85. The maximum absolute atomic E-state index is 5.82. The van der Waals surface area contributed by atoms with Crippen molar-refractivity contribution >= 4 is 11.6 Å². The lowest BCUT2D eigenvalue weighted by Crippen LogP contribution is -2.34. The molecular weight excluding hydrogens is 220 g/mol. The van der Waals surface area contributed by atoms with Crippen molar-refractivity contribution in [3.8, 4) is 0 Å². The lowest BCUT2D eigenvalue weighted by atomic mass is 9.96. The number of halogens is 1. The summed E-state index contributed by atoms with van der Waals surface area (Å²) < 4.78 is 0. The topological polar surface area (TPSA) is 16.1 Å². The van der Waals surface area contributed by atoms with Gasteiger partial charge in [0.15, 0.2) is 0 Å². The Morgan fingerprint density at radius 3 is 3.00 bits per heavy atom. The van der Waals surface area contributed by atoms with Gasteiger partial charge in [0.25, 0.3) is 0 Å². The third-order valence-corrected chi connectivity index (χ3v) is 3.48. The monoisotopic (exact) mass is 238 g/mol.